The van der Waals surface area contributed by atoms with E-state index in [-0.39, 0.29) is 29.9 Å². The quantitative estimate of drug-likeness (QED) is 0.123. The van der Waals surface area contributed by atoms with Gasteiger partial charge in [0.15, 0.2) is 5.78 Å². The topological polar surface area (TPSA) is 103 Å². The number of hydrogen-bond acceptors (Lipinski definition) is 6. The first kappa shape index (κ1) is 32.8. The van der Waals surface area contributed by atoms with E-state index < -0.39 is 12.1 Å². The molecule has 2 unspecified atom stereocenters. The van der Waals surface area contributed by atoms with Gasteiger partial charge in [0, 0.05) is 29.2 Å². The molecule has 2 aliphatic rings. The van der Waals surface area contributed by atoms with E-state index in [1.807, 2.05) is 55.5 Å². The second-order valence-corrected chi connectivity index (χ2v) is 12.9. The molecule has 1 saturated heterocycles. The number of aryl methyl sites for hydroxylation is 1. The molecule has 4 atom stereocenters. The summed E-state index contributed by atoms with van der Waals surface area (Å²) in [4.78, 5) is 42.4. The molecule has 45 heavy (non-hydrogen) atoms. The average molecular weight is 631 g/mol. The molecule has 2 heterocycles. The van der Waals surface area contributed by atoms with E-state index in [2.05, 4.69) is 46.8 Å². The molecule has 5 rings (SSSR count). The van der Waals surface area contributed by atoms with Gasteiger partial charge in [-0.15, -0.1) is 0 Å². The largest absolute Gasteiger partial charge is 0.353 e. The van der Waals surface area contributed by atoms with Crippen molar-refractivity contribution < 1.29 is 19.1 Å². The molecule has 0 spiro atoms. The molecule has 238 valence electrons. The number of halogens is 1. The summed E-state index contributed by atoms with van der Waals surface area (Å²) in [6, 6.07) is 21.5. The van der Waals surface area contributed by atoms with Gasteiger partial charge >= 0.3 is 0 Å². The van der Waals surface area contributed by atoms with Crippen LogP contribution in [0.2, 0.25) is 5.02 Å². The van der Waals surface area contributed by atoms with Gasteiger partial charge in [0.1, 0.15) is 12.3 Å². The van der Waals surface area contributed by atoms with E-state index in [9.17, 15) is 14.4 Å². The van der Waals surface area contributed by atoms with E-state index in [1.54, 1.807) is 12.1 Å². The molecular weight excluding hydrogens is 588 g/mol. The van der Waals surface area contributed by atoms with Gasteiger partial charge in [-0.25, -0.2) is 0 Å². The molecule has 0 bridgehead atoms. The van der Waals surface area contributed by atoms with Crippen molar-refractivity contribution in [2.75, 3.05) is 18.4 Å². The fourth-order valence-corrected chi connectivity index (χ4v) is 5.98. The Kier molecular flexibility index (Phi) is 11.0. The number of hydrogen-bond donors (Lipinski definition) is 3. The van der Waals surface area contributed by atoms with Crippen LogP contribution in [0.25, 0.3) is 0 Å². The third kappa shape index (κ3) is 8.79. The van der Waals surface area contributed by atoms with Crippen molar-refractivity contribution in [1.82, 2.24) is 15.5 Å². The molecule has 0 saturated carbocycles. The first-order chi connectivity index (χ1) is 21.7. The number of nitrogens with one attached hydrogen (secondary N) is 3. The summed E-state index contributed by atoms with van der Waals surface area (Å²) >= 11 is 6.19. The lowest BCUT2D eigenvalue weighted by atomic mass is 9.92. The van der Waals surface area contributed by atoms with Gasteiger partial charge in [0.25, 0.3) is 0 Å². The van der Waals surface area contributed by atoms with Crippen molar-refractivity contribution in [3.63, 3.8) is 0 Å². The van der Waals surface area contributed by atoms with Crippen LogP contribution in [0.5, 0.6) is 0 Å². The lowest BCUT2D eigenvalue weighted by Gasteiger charge is -2.36. The molecule has 0 aromatic heterocycles. The minimum atomic E-state index is -0.744. The summed E-state index contributed by atoms with van der Waals surface area (Å²) in [5.41, 5.74) is 4.45. The molecule has 9 heteroatoms. The van der Waals surface area contributed by atoms with E-state index in [0.717, 1.165) is 23.2 Å². The number of benzene rings is 3. The highest BCUT2D eigenvalue weighted by Gasteiger charge is 2.49. The van der Waals surface area contributed by atoms with E-state index in [1.165, 1.54) is 0 Å². The molecule has 0 radical (unpaired) electrons. The monoisotopic (exact) mass is 630 g/mol. The van der Waals surface area contributed by atoms with Crippen LogP contribution >= 0.6 is 11.6 Å². The van der Waals surface area contributed by atoms with Crippen LogP contribution in [0.3, 0.4) is 0 Å². The summed E-state index contributed by atoms with van der Waals surface area (Å²) in [5.74, 6) is 0.0581. The zero-order valence-corrected chi connectivity index (χ0v) is 27.0. The fraction of sp³-hybridized carbons (Fsp3) is 0.417. The number of fused-ring (bicyclic) bond motifs is 1. The number of nitrogens with zero attached hydrogens (tertiary/aromatic N) is 1. The van der Waals surface area contributed by atoms with Crippen LogP contribution in [0.1, 0.15) is 60.2 Å². The van der Waals surface area contributed by atoms with Gasteiger partial charge in [0.05, 0.1) is 12.1 Å². The molecule has 3 aromatic carbocycles. The zero-order chi connectivity index (χ0) is 31.9. The number of anilines is 1. The summed E-state index contributed by atoms with van der Waals surface area (Å²) < 4.78 is 6.09. The molecule has 2 amide bonds. The third-order valence-corrected chi connectivity index (χ3v) is 8.87. The number of ether oxygens (including phenoxy) is 1. The predicted octanol–water partition coefficient (Wildman–Crippen LogP) is 5.52. The fourth-order valence-electron chi connectivity index (χ4n) is 5.86. The maximum Gasteiger partial charge on any atom is 0.246 e. The molecule has 3 aromatic rings. The minimum absolute atomic E-state index is 0.0824. The summed E-state index contributed by atoms with van der Waals surface area (Å²) in [6.07, 6.45) is 1.50. The lowest BCUT2D eigenvalue weighted by molar-refractivity contribution is -0.131. The molecule has 1 fully saturated rings. The van der Waals surface area contributed by atoms with Crippen molar-refractivity contribution in [3.05, 3.63) is 100 Å². The Morgan fingerprint density at radius 1 is 1.00 bits per heavy atom. The van der Waals surface area contributed by atoms with Crippen LogP contribution in [0, 0.1) is 12.8 Å². The van der Waals surface area contributed by atoms with Crippen molar-refractivity contribution >= 4 is 34.9 Å². The minimum Gasteiger partial charge on any atom is -0.353 e. The van der Waals surface area contributed by atoms with Crippen molar-refractivity contribution in [2.24, 2.45) is 5.92 Å². The molecular formula is C36H43ClN4O4. The lowest BCUT2D eigenvalue weighted by Crippen LogP contribution is -2.56. The van der Waals surface area contributed by atoms with Crippen molar-refractivity contribution in [1.29, 1.82) is 0 Å². The molecule has 0 aliphatic carbocycles. The number of carbonyl (C=O) groups is 3. The summed E-state index contributed by atoms with van der Waals surface area (Å²) in [6.45, 7) is 8.09. The first-order valence-corrected chi connectivity index (χ1v) is 16.2. The Balaban J connectivity index is 1.28. The Morgan fingerprint density at radius 3 is 2.47 bits per heavy atom. The van der Waals surface area contributed by atoms with Gasteiger partial charge < -0.3 is 20.7 Å². The Labute approximate surface area is 270 Å². The maximum absolute atomic E-state index is 14.0. The molecule has 8 nitrogen and oxygen atoms in total. The highest BCUT2D eigenvalue weighted by atomic mass is 35.5. The van der Waals surface area contributed by atoms with Crippen molar-refractivity contribution in [2.45, 2.75) is 77.4 Å². The molecule has 3 N–H and O–H groups in total. The zero-order valence-electron chi connectivity index (χ0n) is 26.2. The van der Waals surface area contributed by atoms with Gasteiger partial charge in [-0.3, -0.25) is 19.3 Å². The second kappa shape index (κ2) is 15.1. The van der Waals surface area contributed by atoms with E-state index in [4.69, 9.17) is 16.3 Å². The summed E-state index contributed by atoms with van der Waals surface area (Å²) in [7, 11) is 0. The average Bonchev–Trinajstić information content (AvgIpc) is 3.82. The Bertz CT molecular complexity index is 1500. The Morgan fingerprint density at radius 2 is 1.73 bits per heavy atom. The van der Waals surface area contributed by atoms with Crippen LogP contribution in [-0.2, 0) is 27.3 Å². The first-order valence-electron chi connectivity index (χ1n) is 15.8. The van der Waals surface area contributed by atoms with Gasteiger partial charge in [-0.1, -0.05) is 80.0 Å². The third-order valence-electron chi connectivity index (χ3n) is 8.44. The standard InChI is InChI=1S/C36H43ClN4O4/c1-23(2)21-38-18-17-30(34(43)39-28-13-14-29(37)24(3)19-28)40-35(44)31-20-26-11-7-8-12-27(26)22-41(31)36-33(45-36)16-15-32(42)25-9-5-4-6-10-25/h4-14,19,23,30-31,33,36,38H,15-18,20-22H2,1-3H3,(H,39,43)(H,40,44)/t30-,31-,33?,36?/m0/s1. The number of carbonyl (C=O) groups excluding carboxylic acids is 3. The highest BCUT2D eigenvalue weighted by molar-refractivity contribution is 6.31. The number of Topliss-reactive ketones (excluding diaryl/α,β-unsaturated/α-hetero) is 1. The second-order valence-electron chi connectivity index (χ2n) is 12.5. The van der Waals surface area contributed by atoms with Gasteiger partial charge in [0.2, 0.25) is 11.8 Å². The van der Waals surface area contributed by atoms with Crippen molar-refractivity contribution in [3.8, 4) is 0 Å². The predicted molar refractivity (Wildman–Crippen MR) is 177 cm³/mol. The van der Waals surface area contributed by atoms with Gasteiger partial charge in [-0.05, 0) is 80.1 Å². The van der Waals surface area contributed by atoms with Crippen LogP contribution in [0.15, 0.2) is 72.8 Å². The highest BCUT2D eigenvalue weighted by Crippen LogP contribution is 2.36. The van der Waals surface area contributed by atoms with Crippen LogP contribution in [0.4, 0.5) is 5.69 Å². The SMILES string of the molecule is Cc1cc(NC(=O)[C@H](CCNCC(C)C)NC(=O)[C@@H]2Cc3ccccc3CN2C2OC2CCC(=O)c2ccccc2)ccc1Cl. The summed E-state index contributed by atoms with van der Waals surface area (Å²) in [5, 5.41) is 10.1. The van der Waals surface area contributed by atoms with E-state index >= 15 is 0 Å². The normalized spacial score (nSPS) is 19.9. The number of ketones is 1. The Hall–Kier alpha value is -3.56. The maximum atomic E-state index is 14.0. The smallest absolute Gasteiger partial charge is 0.246 e. The number of amides is 2. The van der Waals surface area contributed by atoms with E-state index in [0.29, 0.717) is 61.0 Å². The van der Waals surface area contributed by atoms with Crippen LogP contribution in [-0.4, -0.2) is 60.0 Å². The van der Waals surface area contributed by atoms with Gasteiger partial charge in [-0.2, -0.15) is 0 Å². The number of epoxide rings is 1. The molecule has 2 aliphatic heterocycles. The number of rotatable bonds is 14. The van der Waals surface area contributed by atoms with Crippen LogP contribution < -0.4 is 16.0 Å².